The lowest BCUT2D eigenvalue weighted by Crippen LogP contribution is -2.08. The fourth-order valence-electron chi connectivity index (χ4n) is 3.45. The van der Waals surface area contributed by atoms with E-state index in [2.05, 4.69) is 49.1 Å². The van der Waals surface area contributed by atoms with E-state index in [1.807, 2.05) is 50.1 Å². The lowest BCUT2D eigenvalue weighted by atomic mass is 10.1. The Morgan fingerprint density at radius 3 is 2.69 bits per heavy atom. The van der Waals surface area contributed by atoms with E-state index in [4.69, 9.17) is 0 Å². The second-order valence-electron chi connectivity index (χ2n) is 7.06. The molecule has 0 spiro atoms. The summed E-state index contributed by atoms with van der Waals surface area (Å²) in [6, 6.07) is 6.50. The summed E-state index contributed by atoms with van der Waals surface area (Å²) in [5.74, 6) is 0.787. The SMILES string of the molecule is CSN1CCc2cc(Nc3nccn4c(C)cnc34)ccc21.Cc1cnn(C)c1. The second kappa shape index (κ2) is 8.16. The van der Waals surface area contributed by atoms with Gasteiger partial charge in [0.25, 0.3) is 0 Å². The Bertz CT molecular complexity index is 1110. The van der Waals surface area contributed by atoms with Crippen LogP contribution in [0.4, 0.5) is 17.2 Å². The molecule has 8 heteroatoms. The first-order valence-electron chi connectivity index (χ1n) is 9.50. The average Bonchev–Trinajstić information content (AvgIpc) is 3.41. The zero-order valence-electron chi connectivity index (χ0n) is 17.1. The van der Waals surface area contributed by atoms with Crippen molar-refractivity contribution in [3.63, 3.8) is 0 Å². The lowest BCUT2D eigenvalue weighted by Gasteiger charge is -2.15. The summed E-state index contributed by atoms with van der Waals surface area (Å²) in [6.45, 7) is 5.14. The molecule has 1 N–H and O–H groups in total. The molecule has 0 radical (unpaired) electrons. The molecule has 0 aliphatic carbocycles. The number of benzene rings is 1. The van der Waals surface area contributed by atoms with Crippen LogP contribution in [0.3, 0.4) is 0 Å². The van der Waals surface area contributed by atoms with E-state index in [0.29, 0.717) is 0 Å². The summed E-state index contributed by atoms with van der Waals surface area (Å²) in [5.41, 5.74) is 6.92. The number of nitrogens with zero attached hydrogens (tertiary/aromatic N) is 6. The Morgan fingerprint density at radius 2 is 2.00 bits per heavy atom. The number of imidazole rings is 1. The first-order chi connectivity index (χ1) is 14.0. The minimum atomic E-state index is 0.787. The van der Waals surface area contributed by atoms with E-state index < -0.39 is 0 Å². The van der Waals surface area contributed by atoms with Crippen LogP contribution in [0.2, 0.25) is 0 Å². The highest BCUT2D eigenvalue weighted by atomic mass is 32.2. The topological polar surface area (TPSA) is 63.3 Å². The number of nitrogens with one attached hydrogen (secondary N) is 1. The average molecular weight is 408 g/mol. The number of hydrogen-bond acceptors (Lipinski definition) is 6. The molecule has 4 heterocycles. The quantitative estimate of drug-likeness (QED) is 0.515. The van der Waals surface area contributed by atoms with Crippen LogP contribution in [-0.4, -0.2) is 36.9 Å². The largest absolute Gasteiger partial charge is 0.337 e. The molecule has 150 valence electrons. The molecule has 29 heavy (non-hydrogen) atoms. The normalized spacial score (nSPS) is 12.6. The van der Waals surface area contributed by atoms with Crippen molar-refractivity contribution in [2.75, 3.05) is 22.4 Å². The van der Waals surface area contributed by atoms with E-state index in [-0.39, 0.29) is 0 Å². The monoisotopic (exact) mass is 407 g/mol. The van der Waals surface area contributed by atoms with Gasteiger partial charge in [-0.15, -0.1) is 0 Å². The molecule has 0 saturated carbocycles. The van der Waals surface area contributed by atoms with Crippen molar-refractivity contribution >= 4 is 34.8 Å². The van der Waals surface area contributed by atoms with Crippen LogP contribution >= 0.6 is 11.9 Å². The zero-order chi connectivity index (χ0) is 20.4. The Hall–Kier alpha value is -3.00. The molecule has 4 aromatic rings. The molecule has 3 aromatic heterocycles. The maximum absolute atomic E-state index is 4.44. The van der Waals surface area contributed by atoms with Gasteiger partial charge in [0.2, 0.25) is 0 Å². The predicted molar refractivity (Wildman–Crippen MR) is 120 cm³/mol. The van der Waals surface area contributed by atoms with Gasteiger partial charge >= 0.3 is 0 Å². The van der Waals surface area contributed by atoms with Crippen LogP contribution in [-0.2, 0) is 13.5 Å². The van der Waals surface area contributed by atoms with Crippen LogP contribution in [0.25, 0.3) is 5.65 Å². The number of aryl methyl sites for hydroxylation is 3. The highest BCUT2D eigenvalue weighted by Crippen LogP contribution is 2.34. The number of rotatable bonds is 3. The Morgan fingerprint density at radius 1 is 1.14 bits per heavy atom. The molecule has 0 saturated heterocycles. The number of aromatic nitrogens is 5. The van der Waals surface area contributed by atoms with Crippen molar-refractivity contribution in [2.24, 2.45) is 7.05 Å². The fourth-order valence-corrected chi connectivity index (χ4v) is 4.10. The van der Waals surface area contributed by atoms with Crippen molar-refractivity contribution in [2.45, 2.75) is 20.3 Å². The number of hydrogen-bond donors (Lipinski definition) is 1. The molecule has 7 nitrogen and oxygen atoms in total. The van der Waals surface area contributed by atoms with Gasteiger partial charge in [-0.25, -0.2) is 9.97 Å². The summed E-state index contributed by atoms with van der Waals surface area (Å²) in [6.07, 6.45) is 12.6. The van der Waals surface area contributed by atoms with Gasteiger partial charge in [0.1, 0.15) is 0 Å². The minimum Gasteiger partial charge on any atom is -0.337 e. The molecule has 0 atom stereocenters. The summed E-state index contributed by atoms with van der Waals surface area (Å²) in [5, 5.41) is 7.34. The van der Waals surface area contributed by atoms with E-state index in [1.54, 1.807) is 22.8 Å². The van der Waals surface area contributed by atoms with Gasteiger partial charge in [0.15, 0.2) is 11.5 Å². The second-order valence-corrected chi connectivity index (χ2v) is 7.87. The van der Waals surface area contributed by atoms with E-state index >= 15 is 0 Å². The van der Waals surface area contributed by atoms with Crippen molar-refractivity contribution in [3.05, 3.63) is 66.0 Å². The van der Waals surface area contributed by atoms with Crippen molar-refractivity contribution in [3.8, 4) is 0 Å². The van der Waals surface area contributed by atoms with E-state index in [1.165, 1.54) is 16.8 Å². The zero-order valence-corrected chi connectivity index (χ0v) is 17.9. The summed E-state index contributed by atoms with van der Waals surface area (Å²) in [4.78, 5) is 8.87. The molecule has 1 aliphatic rings. The van der Waals surface area contributed by atoms with E-state index in [9.17, 15) is 0 Å². The first kappa shape index (κ1) is 19.3. The van der Waals surface area contributed by atoms with Crippen LogP contribution in [0, 0.1) is 13.8 Å². The Kier molecular flexibility index (Phi) is 5.44. The van der Waals surface area contributed by atoms with Gasteiger partial charge in [0, 0.05) is 56.0 Å². The number of anilines is 3. The maximum Gasteiger partial charge on any atom is 0.180 e. The molecule has 5 rings (SSSR count). The summed E-state index contributed by atoms with van der Waals surface area (Å²) in [7, 11) is 1.91. The van der Waals surface area contributed by atoms with Crippen LogP contribution in [0.15, 0.2) is 49.2 Å². The highest BCUT2D eigenvalue weighted by Gasteiger charge is 2.18. The van der Waals surface area contributed by atoms with Gasteiger partial charge in [-0.05, 0) is 49.6 Å². The van der Waals surface area contributed by atoms with Gasteiger partial charge in [-0.3, -0.25) is 9.08 Å². The highest BCUT2D eigenvalue weighted by molar-refractivity contribution is 8.00. The van der Waals surface area contributed by atoms with E-state index in [0.717, 1.165) is 35.8 Å². The van der Waals surface area contributed by atoms with Gasteiger partial charge in [0.05, 0.1) is 11.9 Å². The minimum absolute atomic E-state index is 0.787. The van der Waals surface area contributed by atoms with Crippen molar-refractivity contribution in [1.29, 1.82) is 0 Å². The molecule has 0 amide bonds. The molecular formula is C21H25N7S. The first-order valence-corrected chi connectivity index (χ1v) is 10.7. The van der Waals surface area contributed by atoms with Crippen molar-refractivity contribution < 1.29 is 0 Å². The lowest BCUT2D eigenvalue weighted by molar-refractivity contribution is 0.767. The van der Waals surface area contributed by atoms with Gasteiger partial charge in [-0.1, -0.05) is 11.9 Å². The van der Waals surface area contributed by atoms with Gasteiger partial charge < -0.3 is 9.62 Å². The van der Waals surface area contributed by atoms with Crippen LogP contribution < -0.4 is 9.62 Å². The summed E-state index contributed by atoms with van der Waals surface area (Å²) < 4.78 is 6.16. The van der Waals surface area contributed by atoms with Crippen molar-refractivity contribution in [1.82, 2.24) is 24.1 Å². The molecule has 1 aliphatic heterocycles. The molecule has 0 fully saturated rings. The molecule has 0 bridgehead atoms. The Labute approximate surface area is 174 Å². The van der Waals surface area contributed by atoms with Crippen LogP contribution in [0.1, 0.15) is 16.8 Å². The predicted octanol–water partition coefficient (Wildman–Crippen LogP) is 4.15. The fraction of sp³-hybridized carbons (Fsp3) is 0.286. The van der Waals surface area contributed by atoms with Gasteiger partial charge in [-0.2, -0.15) is 5.10 Å². The maximum atomic E-state index is 4.44. The third-order valence-corrected chi connectivity index (χ3v) is 5.68. The third kappa shape index (κ3) is 4.07. The smallest absolute Gasteiger partial charge is 0.180 e. The standard InChI is InChI=1S/C16H17N5S.C5H8N2/c1-11-10-18-16-15(17-6-8-20(11)16)19-13-3-4-14-12(9-13)5-7-21(14)22-2;1-5-3-6-7(2)4-5/h3-4,6,8-10H,5,7H2,1-2H3,(H,17,19);3-4H,1-2H3. The molecule has 1 aromatic carbocycles. The Balaban J connectivity index is 0.000000249. The number of fused-ring (bicyclic) bond motifs is 2. The third-order valence-electron chi connectivity index (χ3n) is 4.86. The molecular weight excluding hydrogens is 382 g/mol. The summed E-state index contributed by atoms with van der Waals surface area (Å²) >= 11 is 1.78. The molecule has 0 unspecified atom stereocenters. The van der Waals surface area contributed by atoms with Crippen LogP contribution in [0.5, 0.6) is 0 Å².